The van der Waals surface area contributed by atoms with Crippen LogP contribution in [0.25, 0.3) is 0 Å². The van der Waals surface area contributed by atoms with Crippen LogP contribution in [0, 0.1) is 0 Å². The molecule has 0 bridgehead atoms. The van der Waals surface area contributed by atoms with Crippen molar-refractivity contribution in [2.24, 2.45) is 0 Å². The van der Waals surface area contributed by atoms with Gasteiger partial charge in [0.15, 0.2) is 0 Å². The molecule has 0 rings (SSSR count). The number of aliphatic carboxylic acids is 1. The fourth-order valence-electron chi connectivity index (χ4n) is 1.93. The molecule has 0 aliphatic heterocycles. The maximum atomic E-state index is 11.4. The summed E-state index contributed by atoms with van der Waals surface area (Å²) in [5.41, 5.74) is 0. The molecule has 0 saturated heterocycles. The van der Waals surface area contributed by atoms with Crippen molar-refractivity contribution >= 4 is 16.0 Å². The molecular formula is C15H28KNO4S. The average molecular weight is 358 g/mol. The number of hydrogen-bond donors (Lipinski definition) is 1. The molecule has 0 spiro atoms. The van der Waals surface area contributed by atoms with Gasteiger partial charge in [-0.1, -0.05) is 57.9 Å². The van der Waals surface area contributed by atoms with E-state index in [2.05, 4.69) is 11.6 Å². The summed E-state index contributed by atoms with van der Waals surface area (Å²) in [6.45, 7) is 2.07. The van der Waals surface area contributed by atoms with Crippen LogP contribution >= 0.6 is 0 Å². The van der Waals surface area contributed by atoms with E-state index in [1.807, 2.05) is 0 Å². The molecule has 124 valence electrons. The van der Waals surface area contributed by atoms with Crippen LogP contribution in [0.3, 0.4) is 0 Å². The largest absolute Gasteiger partial charge is 1.00 e. The van der Waals surface area contributed by atoms with E-state index in [-0.39, 0.29) is 64.4 Å². The van der Waals surface area contributed by atoms with Crippen LogP contribution in [-0.2, 0) is 14.8 Å². The number of nitrogens with one attached hydrogen (secondary N) is 1. The Labute approximate surface area is 177 Å². The topological polar surface area (TPSA) is 86.3 Å². The first kappa shape index (κ1) is 25.0. The van der Waals surface area contributed by atoms with Crippen molar-refractivity contribution in [2.45, 2.75) is 71.1 Å². The van der Waals surface area contributed by atoms with Crippen LogP contribution in [0.4, 0.5) is 0 Å². The predicted molar refractivity (Wildman–Crippen MR) is 82.9 cm³/mol. The van der Waals surface area contributed by atoms with E-state index >= 15 is 0 Å². The molecule has 0 heterocycles. The Morgan fingerprint density at radius 3 is 2.14 bits per heavy atom. The molecule has 0 amide bonds. The van der Waals surface area contributed by atoms with Crippen molar-refractivity contribution in [2.75, 3.05) is 6.54 Å². The maximum Gasteiger partial charge on any atom is 1.00 e. The number of unbranched alkanes of at least 4 members (excludes halogenated alkanes) is 8. The van der Waals surface area contributed by atoms with Gasteiger partial charge in [-0.2, -0.15) is 0 Å². The van der Waals surface area contributed by atoms with Gasteiger partial charge >= 0.3 is 51.4 Å². The van der Waals surface area contributed by atoms with Crippen LogP contribution in [-0.4, -0.2) is 20.9 Å². The van der Waals surface area contributed by atoms with Gasteiger partial charge in [-0.15, -0.1) is 0 Å². The van der Waals surface area contributed by atoms with Gasteiger partial charge in [-0.3, -0.25) is 0 Å². The Bertz CT molecular complexity index is 396. The smallest absolute Gasteiger partial charge is 0.550 e. The van der Waals surface area contributed by atoms with E-state index in [1.165, 1.54) is 38.5 Å². The van der Waals surface area contributed by atoms with Gasteiger partial charge in [0.05, 0.1) is 0 Å². The summed E-state index contributed by atoms with van der Waals surface area (Å²) >= 11 is 0. The van der Waals surface area contributed by atoms with E-state index < -0.39 is 16.0 Å². The van der Waals surface area contributed by atoms with Crippen molar-refractivity contribution in [3.63, 3.8) is 0 Å². The number of carboxylic acid groups (broad SMARTS) is 1. The molecule has 0 aromatic carbocycles. The van der Waals surface area contributed by atoms with Crippen molar-refractivity contribution in [1.29, 1.82) is 0 Å². The first-order valence-electron chi connectivity index (χ1n) is 7.84. The molecule has 0 atom stereocenters. The normalized spacial score (nSPS) is 11.5. The van der Waals surface area contributed by atoms with Gasteiger partial charge in [-0.25, -0.2) is 13.1 Å². The Balaban J connectivity index is 0. The van der Waals surface area contributed by atoms with Gasteiger partial charge in [0.1, 0.15) is 0 Å². The van der Waals surface area contributed by atoms with E-state index in [0.29, 0.717) is 0 Å². The van der Waals surface area contributed by atoms with Crippen molar-refractivity contribution in [3.8, 4) is 0 Å². The SMILES string of the molecule is CCCCCCCCCC/C=C/S(=O)(=O)NCCC(=O)[O-].[K+]. The molecule has 0 unspecified atom stereocenters. The number of carbonyl (C=O) groups excluding carboxylic acids is 1. The number of rotatable bonds is 14. The average Bonchev–Trinajstić information content (AvgIpc) is 2.40. The molecule has 0 aromatic heterocycles. The summed E-state index contributed by atoms with van der Waals surface area (Å²) in [6.07, 6.45) is 11.8. The molecule has 1 N–H and O–H groups in total. The molecule has 0 aromatic rings. The van der Waals surface area contributed by atoms with Gasteiger partial charge < -0.3 is 9.90 Å². The number of carbonyl (C=O) groups is 1. The third-order valence-corrected chi connectivity index (χ3v) is 4.29. The summed E-state index contributed by atoms with van der Waals surface area (Å²) in [5, 5.41) is 11.3. The van der Waals surface area contributed by atoms with Gasteiger partial charge in [-0.05, 0) is 12.8 Å². The molecule has 0 aliphatic carbocycles. The third kappa shape index (κ3) is 18.8. The zero-order valence-corrected chi connectivity index (χ0v) is 17.9. The molecule has 7 heteroatoms. The molecule has 5 nitrogen and oxygen atoms in total. The summed E-state index contributed by atoms with van der Waals surface area (Å²) in [4.78, 5) is 10.2. The van der Waals surface area contributed by atoms with E-state index in [1.54, 1.807) is 6.08 Å². The predicted octanol–water partition coefficient (Wildman–Crippen LogP) is -0.906. The van der Waals surface area contributed by atoms with E-state index in [0.717, 1.165) is 24.7 Å². The molecule has 0 saturated carbocycles. The first-order valence-corrected chi connectivity index (χ1v) is 9.38. The summed E-state index contributed by atoms with van der Waals surface area (Å²) in [6, 6.07) is 0. The van der Waals surface area contributed by atoms with Crippen molar-refractivity contribution < 1.29 is 69.7 Å². The zero-order valence-electron chi connectivity index (χ0n) is 14.0. The first-order chi connectivity index (χ1) is 9.98. The minimum atomic E-state index is -3.51. The zero-order chi connectivity index (χ0) is 16.0. The second-order valence-corrected chi connectivity index (χ2v) is 6.85. The Morgan fingerprint density at radius 1 is 1.05 bits per heavy atom. The second kappa shape index (κ2) is 16.6. The fourth-order valence-corrected chi connectivity index (χ4v) is 2.81. The Morgan fingerprint density at radius 2 is 1.59 bits per heavy atom. The quantitative estimate of drug-likeness (QED) is 0.322. The van der Waals surface area contributed by atoms with Gasteiger partial charge in [0.25, 0.3) is 0 Å². The number of allylic oxidation sites excluding steroid dienone is 1. The summed E-state index contributed by atoms with van der Waals surface area (Å²) in [5.74, 6) is -1.26. The maximum absolute atomic E-state index is 11.4. The van der Waals surface area contributed by atoms with Crippen LogP contribution < -0.4 is 61.2 Å². The number of carboxylic acids is 1. The minimum absolute atomic E-state index is 0. The molecule has 22 heavy (non-hydrogen) atoms. The molecular weight excluding hydrogens is 329 g/mol. The van der Waals surface area contributed by atoms with E-state index in [4.69, 9.17) is 0 Å². The van der Waals surface area contributed by atoms with Crippen LogP contribution in [0.1, 0.15) is 71.1 Å². The van der Waals surface area contributed by atoms with Gasteiger partial charge in [0.2, 0.25) is 10.0 Å². The molecule has 0 aliphatic rings. The third-order valence-electron chi connectivity index (χ3n) is 3.13. The van der Waals surface area contributed by atoms with Gasteiger partial charge in [0, 0.05) is 24.3 Å². The number of sulfonamides is 1. The molecule has 0 fully saturated rings. The second-order valence-electron chi connectivity index (χ2n) is 5.20. The van der Waals surface area contributed by atoms with E-state index in [9.17, 15) is 18.3 Å². The Kier molecular flexibility index (Phi) is 18.9. The minimum Gasteiger partial charge on any atom is -0.550 e. The standard InChI is InChI=1S/C15H29NO4S.K/c1-2-3-4-5-6-7-8-9-10-11-14-21(19,20)16-13-12-15(17)18;/h11,14,16H,2-10,12-13H2,1H3,(H,17,18);/q;+1/p-1/b14-11+;. The van der Waals surface area contributed by atoms with Crippen molar-refractivity contribution in [3.05, 3.63) is 11.5 Å². The van der Waals surface area contributed by atoms with Crippen LogP contribution in [0.5, 0.6) is 0 Å². The Hall–Kier alpha value is 0.756. The van der Waals surface area contributed by atoms with Crippen LogP contribution in [0.15, 0.2) is 11.5 Å². The van der Waals surface area contributed by atoms with Crippen LogP contribution in [0.2, 0.25) is 0 Å². The number of hydrogen-bond acceptors (Lipinski definition) is 4. The summed E-state index contributed by atoms with van der Waals surface area (Å²) < 4.78 is 25.1. The fraction of sp³-hybridized carbons (Fsp3) is 0.800. The molecule has 0 radical (unpaired) electrons. The monoisotopic (exact) mass is 357 g/mol. The van der Waals surface area contributed by atoms with Crippen molar-refractivity contribution in [1.82, 2.24) is 4.72 Å². The summed E-state index contributed by atoms with van der Waals surface area (Å²) in [7, 11) is -3.51.